The predicted molar refractivity (Wildman–Crippen MR) is 75.0 cm³/mol. The van der Waals surface area contributed by atoms with Crippen molar-refractivity contribution in [1.29, 1.82) is 0 Å². The number of rotatable bonds is 3. The van der Waals surface area contributed by atoms with Gasteiger partial charge < -0.3 is 5.73 Å². The third-order valence-electron chi connectivity index (χ3n) is 3.55. The zero-order valence-electron chi connectivity index (χ0n) is 11.6. The van der Waals surface area contributed by atoms with Gasteiger partial charge in [-0.1, -0.05) is 6.07 Å². The van der Waals surface area contributed by atoms with Gasteiger partial charge in [0.2, 0.25) is 0 Å². The fourth-order valence-electron chi connectivity index (χ4n) is 2.26. The van der Waals surface area contributed by atoms with E-state index in [0.717, 1.165) is 12.1 Å². The highest BCUT2D eigenvalue weighted by atomic mass is 19.1. The first-order chi connectivity index (χ1) is 9.82. The molecule has 0 fully saturated rings. The summed E-state index contributed by atoms with van der Waals surface area (Å²) in [5.41, 5.74) is 7.17. The van der Waals surface area contributed by atoms with Crippen LogP contribution in [0.5, 0.6) is 0 Å². The van der Waals surface area contributed by atoms with E-state index in [4.69, 9.17) is 5.73 Å². The molecule has 1 atom stereocenters. The van der Waals surface area contributed by atoms with Crippen molar-refractivity contribution >= 4 is 5.69 Å². The zero-order valence-corrected chi connectivity index (χ0v) is 11.6. The van der Waals surface area contributed by atoms with Crippen LogP contribution in [0.2, 0.25) is 0 Å². The van der Waals surface area contributed by atoms with Gasteiger partial charge in [-0.25, -0.2) is 8.78 Å². The van der Waals surface area contributed by atoms with Crippen LogP contribution in [-0.4, -0.2) is 4.92 Å². The number of nitrogens with two attached hydrogens (primary N) is 1. The molecule has 0 bridgehead atoms. The molecule has 4 nitrogen and oxygen atoms in total. The van der Waals surface area contributed by atoms with E-state index in [-0.39, 0.29) is 11.3 Å². The summed E-state index contributed by atoms with van der Waals surface area (Å²) in [6.07, 6.45) is 0. The summed E-state index contributed by atoms with van der Waals surface area (Å²) >= 11 is 0. The smallest absolute Gasteiger partial charge is 0.270 e. The van der Waals surface area contributed by atoms with Crippen LogP contribution in [0.4, 0.5) is 14.5 Å². The molecule has 0 aliphatic heterocycles. The van der Waals surface area contributed by atoms with Crippen molar-refractivity contribution in [1.82, 2.24) is 0 Å². The van der Waals surface area contributed by atoms with Gasteiger partial charge >= 0.3 is 0 Å². The first kappa shape index (κ1) is 15.1. The van der Waals surface area contributed by atoms with Crippen LogP contribution >= 0.6 is 0 Å². The molecule has 2 rings (SSSR count). The fraction of sp³-hybridized carbons (Fsp3) is 0.200. The van der Waals surface area contributed by atoms with E-state index in [1.807, 2.05) is 0 Å². The van der Waals surface area contributed by atoms with Gasteiger partial charge in [-0.15, -0.1) is 0 Å². The second-order valence-corrected chi connectivity index (χ2v) is 4.85. The van der Waals surface area contributed by atoms with Gasteiger partial charge in [0.1, 0.15) is 11.6 Å². The largest absolute Gasteiger partial charge is 0.320 e. The topological polar surface area (TPSA) is 69.2 Å². The lowest BCUT2D eigenvalue weighted by molar-refractivity contribution is -0.385. The molecule has 0 saturated heterocycles. The van der Waals surface area contributed by atoms with Gasteiger partial charge in [0.05, 0.1) is 11.0 Å². The maximum Gasteiger partial charge on any atom is 0.270 e. The summed E-state index contributed by atoms with van der Waals surface area (Å²) in [7, 11) is 0. The van der Waals surface area contributed by atoms with Gasteiger partial charge in [-0.3, -0.25) is 10.1 Å². The Balaban J connectivity index is 2.63. The first-order valence-corrected chi connectivity index (χ1v) is 6.28. The Labute approximate surface area is 120 Å². The number of hydrogen-bond acceptors (Lipinski definition) is 3. The molecule has 21 heavy (non-hydrogen) atoms. The Hall–Kier alpha value is -2.34. The van der Waals surface area contributed by atoms with Gasteiger partial charge in [-0.2, -0.15) is 0 Å². The molecule has 110 valence electrons. The van der Waals surface area contributed by atoms with Crippen molar-refractivity contribution in [3.8, 4) is 0 Å². The quantitative estimate of drug-likeness (QED) is 0.695. The van der Waals surface area contributed by atoms with E-state index in [0.29, 0.717) is 16.7 Å². The minimum absolute atomic E-state index is 0.153. The van der Waals surface area contributed by atoms with E-state index >= 15 is 0 Å². The normalized spacial score (nSPS) is 12.2. The summed E-state index contributed by atoms with van der Waals surface area (Å²) in [6.45, 7) is 3.41. The number of nitro benzene ring substituents is 1. The second-order valence-electron chi connectivity index (χ2n) is 4.85. The van der Waals surface area contributed by atoms with E-state index in [1.54, 1.807) is 13.8 Å². The van der Waals surface area contributed by atoms with Gasteiger partial charge in [0.25, 0.3) is 5.69 Å². The van der Waals surface area contributed by atoms with Crippen LogP contribution in [0.1, 0.15) is 28.3 Å². The molecule has 2 aromatic carbocycles. The number of nitro groups is 1. The van der Waals surface area contributed by atoms with Crippen molar-refractivity contribution in [2.45, 2.75) is 19.9 Å². The number of benzene rings is 2. The number of non-ortho nitro benzene ring substituents is 1. The summed E-state index contributed by atoms with van der Waals surface area (Å²) in [5, 5.41) is 10.9. The fourth-order valence-corrected chi connectivity index (χ4v) is 2.26. The monoisotopic (exact) mass is 292 g/mol. The molecule has 6 heteroatoms. The average Bonchev–Trinajstić information content (AvgIpc) is 2.41. The Morgan fingerprint density at radius 2 is 1.76 bits per heavy atom. The van der Waals surface area contributed by atoms with Gasteiger partial charge in [0.15, 0.2) is 0 Å². The predicted octanol–water partition coefficient (Wildman–Crippen LogP) is 3.54. The lowest BCUT2D eigenvalue weighted by atomic mass is 9.92. The minimum Gasteiger partial charge on any atom is -0.320 e. The molecular weight excluding hydrogens is 278 g/mol. The zero-order chi connectivity index (χ0) is 15.7. The summed E-state index contributed by atoms with van der Waals surface area (Å²) in [4.78, 5) is 10.4. The average molecular weight is 292 g/mol. The molecule has 0 heterocycles. The van der Waals surface area contributed by atoms with Crippen molar-refractivity contribution in [2.24, 2.45) is 5.73 Å². The number of hydrogen-bond donors (Lipinski definition) is 1. The minimum atomic E-state index is -1.11. The standard InChI is InChI=1S/C15H14F2N2O2/c1-8-6-10(19(20)21)7-11(9(8)2)15(18)14-12(16)4-3-5-13(14)17/h3-7,15H,18H2,1-2H3. The summed E-state index contributed by atoms with van der Waals surface area (Å²) in [6, 6.07) is 5.02. The molecule has 0 amide bonds. The third-order valence-corrected chi connectivity index (χ3v) is 3.55. The first-order valence-electron chi connectivity index (χ1n) is 6.28. The summed E-state index contributed by atoms with van der Waals surface area (Å²) in [5.74, 6) is -1.54. The Morgan fingerprint density at radius 1 is 1.19 bits per heavy atom. The van der Waals surface area contributed by atoms with Crippen molar-refractivity contribution in [3.05, 3.63) is 74.3 Å². The number of aryl methyl sites for hydroxylation is 1. The van der Waals surface area contributed by atoms with Crippen LogP contribution in [0.15, 0.2) is 30.3 Å². The lowest BCUT2D eigenvalue weighted by Crippen LogP contribution is -2.17. The molecule has 0 aliphatic carbocycles. The van der Waals surface area contributed by atoms with Gasteiger partial charge in [0, 0.05) is 17.7 Å². The highest BCUT2D eigenvalue weighted by Crippen LogP contribution is 2.31. The van der Waals surface area contributed by atoms with Crippen LogP contribution < -0.4 is 5.73 Å². The van der Waals surface area contributed by atoms with Crippen LogP contribution in [-0.2, 0) is 0 Å². The maximum absolute atomic E-state index is 13.8. The van der Waals surface area contributed by atoms with E-state index in [9.17, 15) is 18.9 Å². The van der Waals surface area contributed by atoms with Crippen LogP contribution in [0.25, 0.3) is 0 Å². The maximum atomic E-state index is 13.8. The third kappa shape index (κ3) is 2.75. The molecule has 0 radical (unpaired) electrons. The van der Waals surface area contributed by atoms with Crippen LogP contribution in [0, 0.1) is 35.6 Å². The Kier molecular flexibility index (Phi) is 3.99. The lowest BCUT2D eigenvalue weighted by Gasteiger charge is -2.18. The van der Waals surface area contributed by atoms with Gasteiger partial charge in [-0.05, 0) is 42.7 Å². The molecule has 1 unspecified atom stereocenters. The Morgan fingerprint density at radius 3 is 2.29 bits per heavy atom. The van der Waals surface area contributed by atoms with Crippen molar-refractivity contribution in [3.63, 3.8) is 0 Å². The molecule has 0 aliphatic rings. The molecule has 0 aromatic heterocycles. The molecule has 0 saturated carbocycles. The highest BCUT2D eigenvalue weighted by Gasteiger charge is 2.22. The van der Waals surface area contributed by atoms with E-state index < -0.39 is 22.6 Å². The molecular formula is C15H14F2N2O2. The van der Waals surface area contributed by atoms with E-state index in [2.05, 4.69) is 0 Å². The second kappa shape index (κ2) is 5.57. The SMILES string of the molecule is Cc1cc([N+](=O)[O-])cc(C(N)c2c(F)cccc2F)c1C. The summed E-state index contributed by atoms with van der Waals surface area (Å²) < 4.78 is 27.6. The Bertz CT molecular complexity index is 697. The highest BCUT2D eigenvalue weighted by molar-refractivity contribution is 5.48. The van der Waals surface area contributed by atoms with Crippen molar-refractivity contribution < 1.29 is 13.7 Å². The van der Waals surface area contributed by atoms with Crippen LogP contribution in [0.3, 0.4) is 0 Å². The number of halogens is 2. The molecule has 0 spiro atoms. The molecule has 2 N–H and O–H groups in total. The molecule has 2 aromatic rings. The van der Waals surface area contributed by atoms with Crippen molar-refractivity contribution in [2.75, 3.05) is 0 Å². The van der Waals surface area contributed by atoms with E-state index in [1.165, 1.54) is 18.2 Å². The number of nitrogens with zero attached hydrogens (tertiary/aromatic N) is 1.